The van der Waals surface area contributed by atoms with E-state index in [4.69, 9.17) is 4.42 Å². The molecule has 0 saturated carbocycles. The van der Waals surface area contributed by atoms with E-state index in [9.17, 15) is 4.79 Å². The van der Waals surface area contributed by atoms with Crippen LogP contribution in [0.5, 0.6) is 0 Å². The summed E-state index contributed by atoms with van der Waals surface area (Å²) in [6.45, 7) is 2.48. The summed E-state index contributed by atoms with van der Waals surface area (Å²) in [5, 5.41) is 5.73. The summed E-state index contributed by atoms with van der Waals surface area (Å²) in [4.78, 5) is 15.7. The summed E-state index contributed by atoms with van der Waals surface area (Å²) in [5.41, 5.74) is 1.03. The largest absolute Gasteiger partial charge is 0.469 e. The van der Waals surface area contributed by atoms with Crippen molar-refractivity contribution in [2.24, 2.45) is 0 Å². The number of carbonyl (C=O) groups excluding carboxylic acids is 1. The fraction of sp³-hybridized carbons (Fsp3) is 0.333. The predicted octanol–water partition coefficient (Wildman–Crippen LogP) is 2.50. The second kappa shape index (κ2) is 7.33. The Morgan fingerprint density at radius 2 is 2.15 bits per heavy atom. The Kier molecular flexibility index (Phi) is 5.17. The molecule has 2 heterocycles. The number of pyridine rings is 1. The topological polar surface area (TPSA) is 67.2 Å². The molecule has 1 atom stereocenters. The van der Waals surface area contributed by atoms with Crippen molar-refractivity contribution in [2.75, 3.05) is 0 Å². The van der Waals surface area contributed by atoms with E-state index in [0.29, 0.717) is 6.54 Å². The molecule has 2 aromatic rings. The molecule has 5 nitrogen and oxygen atoms in total. The molecule has 2 amide bonds. The third-order valence-electron chi connectivity index (χ3n) is 2.98. The van der Waals surface area contributed by atoms with Gasteiger partial charge in [0.05, 0.1) is 6.26 Å². The lowest BCUT2D eigenvalue weighted by Gasteiger charge is -2.14. The maximum atomic E-state index is 11.7. The average molecular weight is 273 g/mol. The quantitative estimate of drug-likeness (QED) is 0.849. The first-order valence-corrected chi connectivity index (χ1v) is 6.69. The number of carbonyl (C=O) groups is 1. The molecule has 0 aliphatic rings. The molecule has 0 spiro atoms. The van der Waals surface area contributed by atoms with Crippen molar-refractivity contribution in [2.45, 2.75) is 32.4 Å². The van der Waals surface area contributed by atoms with Gasteiger partial charge in [0.1, 0.15) is 5.76 Å². The van der Waals surface area contributed by atoms with E-state index in [0.717, 1.165) is 24.2 Å². The van der Waals surface area contributed by atoms with Crippen LogP contribution in [0.1, 0.15) is 24.7 Å². The molecule has 0 bridgehead atoms. The van der Waals surface area contributed by atoms with E-state index in [1.807, 2.05) is 31.2 Å². The van der Waals surface area contributed by atoms with Crippen LogP contribution in [0.4, 0.5) is 4.79 Å². The Labute approximate surface area is 118 Å². The van der Waals surface area contributed by atoms with Gasteiger partial charge >= 0.3 is 6.03 Å². The molecular weight excluding hydrogens is 254 g/mol. The van der Waals surface area contributed by atoms with Crippen LogP contribution in [0.2, 0.25) is 0 Å². The first kappa shape index (κ1) is 14.1. The molecule has 2 aromatic heterocycles. The van der Waals surface area contributed by atoms with Gasteiger partial charge < -0.3 is 15.1 Å². The van der Waals surface area contributed by atoms with E-state index < -0.39 is 0 Å². The van der Waals surface area contributed by atoms with Gasteiger partial charge in [-0.2, -0.15) is 0 Å². The van der Waals surface area contributed by atoms with Crippen molar-refractivity contribution in [1.82, 2.24) is 15.6 Å². The minimum absolute atomic E-state index is 0.0949. The lowest BCUT2D eigenvalue weighted by molar-refractivity contribution is 0.236. The van der Waals surface area contributed by atoms with E-state index in [1.54, 1.807) is 18.7 Å². The first-order chi connectivity index (χ1) is 9.74. The second-order valence-electron chi connectivity index (χ2n) is 4.70. The number of aromatic nitrogens is 1. The number of furan rings is 1. The van der Waals surface area contributed by atoms with Crippen molar-refractivity contribution >= 4 is 6.03 Å². The zero-order chi connectivity index (χ0) is 14.2. The highest BCUT2D eigenvalue weighted by Crippen LogP contribution is 2.05. The third-order valence-corrected chi connectivity index (χ3v) is 2.98. The Morgan fingerprint density at radius 1 is 1.35 bits per heavy atom. The van der Waals surface area contributed by atoms with Crippen LogP contribution < -0.4 is 10.6 Å². The highest BCUT2D eigenvalue weighted by atomic mass is 16.3. The van der Waals surface area contributed by atoms with E-state index in [-0.39, 0.29) is 12.1 Å². The van der Waals surface area contributed by atoms with Gasteiger partial charge in [-0.3, -0.25) is 4.98 Å². The standard InChI is InChI=1S/C15H19N3O2/c1-12(4-5-14-3-2-10-20-14)18-15(19)17-11-13-6-8-16-9-7-13/h2-3,6-10,12H,4-5,11H2,1H3,(H2,17,18,19)/t12-/m1/s1. The smallest absolute Gasteiger partial charge is 0.315 e. The number of hydrogen-bond acceptors (Lipinski definition) is 3. The van der Waals surface area contributed by atoms with Crippen LogP contribution in [0.25, 0.3) is 0 Å². The van der Waals surface area contributed by atoms with Gasteiger partial charge in [-0.1, -0.05) is 0 Å². The SMILES string of the molecule is C[C@H](CCc1ccco1)NC(=O)NCc1ccncc1. The summed E-state index contributed by atoms with van der Waals surface area (Å²) in [7, 11) is 0. The number of aryl methyl sites for hydroxylation is 1. The van der Waals surface area contributed by atoms with Crippen LogP contribution >= 0.6 is 0 Å². The second-order valence-corrected chi connectivity index (χ2v) is 4.70. The minimum atomic E-state index is -0.159. The van der Waals surface area contributed by atoms with E-state index >= 15 is 0 Å². The fourth-order valence-electron chi connectivity index (χ4n) is 1.84. The number of rotatable bonds is 6. The van der Waals surface area contributed by atoms with Gasteiger partial charge in [0.2, 0.25) is 0 Å². The fourth-order valence-corrected chi connectivity index (χ4v) is 1.84. The van der Waals surface area contributed by atoms with Crippen LogP contribution in [-0.2, 0) is 13.0 Å². The monoisotopic (exact) mass is 273 g/mol. The molecule has 2 rings (SSSR count). The van der Waals surface area contributed by atoms with Gasteiger partial charge in [-0.05, 0) is 43.2 Å². The number of amides is 2. The molecule has 2 N–H and O–H groups in total. The molecular formula is C15H19N3O2. The summed E-state index contributed by atoms with van der Waals surface area (Å²) < 4.78 is 5.26. The molecule has 0 fully saturated rings. The van der Waals surface area contributed by atoms with Crippen molar-refractivity contribution in [1.29, 1.82) is 0 Å². The lowest BCUT2D eigenvalue weighted by Crippen LogP contribution is -2.40. The third kappa shape index (κ3) is 4.76. The summed E-state index contributed by atoms with van der Waals surface area (Å²) in [6, 6.07) is 7.50. The van der Waals surface area contributed by atoms with Gasteiger partial charge in [-0.25, -0.2) is 4.79 Å². The molecule has 0 radical (unpaired) electrons. The van der Waals surface area contributed by atoms with Gasteiger partial charge in [-0.15, -0.1) is 0 Å². The number of nitrogens with one attached hydrogen (secondary N) is 2. The first-order valence-electron chi connectivity index (χ1n) is 6.69. The van der Waals surface area contributed by atoms with Crippen LogP contribution in [0, 0.1) is 0 Å². The van der Waals surface area contributed by atoms with Crippen molar-refractivity contribution in [3.63, 3.8) is 0 Å². The molecule has 0 aliphatic heterocycles. The molecule has 0 aliphatic carbocycles. The molecule has 0 aromatic carbocycles. The number of hydrogen-bond donors (Lipinski definition) is 2. The number of urea groups is 1. The molecule has 5 heteroatoms. The molecule has 0 saturated heterocycles. The summed E-state index contributed by atoms with van der Waals surface area (Å²) in [5.74, 6) is 0.941. The molecule has 20 heavy (non-hydrogen) atoms. The highest BCUT2D eigenvalue weighted by molar-refractivity contribution is 5.74. The van der Waals surface area contributed by atoms with Gasteiger partial charge in [0.15, 0.2) is 0 Å². The van der Waals surface area contributed by atoms with E-state index in [1.165, 1.54) is 0 Å². The molecule has 0 unspecified atom stereocenters. The zero-order valence-corrected chi connectivity index (χ0v) is 11.5. The van der Waals surface area contributed by atoms with E-state index in [2.05, 4.69) is 15.6 Å². The summed E-state index contributed by atoms with van der Waals surface area (Å²) in [6.07, 6.45) is 6.74. The van der Waals surface area contributed by atoms with Crippen molar-refractivity contribution in [3.8, 4) is 0 Å². The van der Waals surface area contributed by atoms with Crippen LogP contribution in [0.3, 0.4) is 0 Å². The Hall–Kier alpha value is -2.30. The van der Waals surface area contributed by atoms with Gasteiger partial charge in [0, 0.05) is 31.4 Å². The maximum Gasteiger partial charge on any atom is 0.315 e. The maximum absolute atomic E-state index is 11.7. The Bertz CT molecular complexity index is 511. The lowest BCUT2D eigenvalue weighted by atomic mass is 10.1. The normalized spacial score (nSPS) is 11.8. The van der Waals surface area contributed by atoms with Crippen LogP contribution in [0.15, 0.2) is 47.3 Å². The molecule has 106 valence electrons. The van der Waals surface area contributed by atoms with Crippen LogP contribution in [-0.4, -0.2) is 17.1 Å². The zero-order valence-electron chi connectivity index (χ0n) is 11.5. The Balaban J connectivity index is 1.66. The van der Waals surface area contributed by atoms with Crippen molar-refractivity contribution < 1.29 is 9.21 Å². The Morgan fingerprint density at radius 3 is 2.85 bits per heavy atom. The van der Waals surface area contributed by atoms with Gasteiger partial charge in [0.25, 0.3) is 0 Å². The highest BCUT2D eigenvalue weighted by Gasteiger charge is 2.07. The predicted molar refractivity (Wildman–Crippen MR) is 76.1 cm³/mol. The number of nitrogens with zero attached hydrogens (tertiary/aromatic N) is 1. The minimum Gasteiger partial charge on any atom is -0.469 e. The summed E-state index contributed by atoms with van der Waals surface area (Å²) >= 11 is 0. The van der Waals surface area contributed by atoms with Crippen molar-refractivity contribution in [3.05, 3.63) is 54.2 Å². The average Bonchev–Trinajstić information content (AvgIpc) is 2.97.